The highest BCUT2D eigenvalue weighted by molar-refractivity contribution is 5.58. The number of ether oxygens (including phenoxy) is 1. The number of nitrogens with zero attached hydrogens (tertiary/aromatic N) is 2. The monoisotopic (exact) mass is 292 g/mol. The Morgan fingerprint density at radius 2 is 1.81 bits per heavy atom. The molecule has 118 valence electrons. The van der Waals surface area contributed by atoms with E-state index in [1.807, 2.05) is 14.0 Å². The molecule has 1 saturated carbocycles. The van der Waals surface area contributed by atoms with Crippen LogP contribution in [0.25, 0.3) is 0 Å². The van der Waals surface area contributed by atoms with Crippen LogP contribution in [-0.2, 0) is 10.2 Å². The summed E-state index contributed by atoms with van der Waals surface area (Å²) in [5, 5.41) is 6.72. The maximum Gasteiger partial charge on any atom is 0.138 e. The van der Waals surface area contributed by atoms with Crippen molar-refractivity contribution in [3.8, 4) is 0 Å². The highest BCUT2D eigenvalue weighted by Crippen LogP contribution is 2.30. The van der Waals surface area contributed by atoms with Gasteiger partial charge in [0.15, 0.2) is 0 Å². The van der Waals surface area contributed by atoms with Crippen LogP contribution in [0, 0.1) is 6.92 Å². The van der Waals surface area contributed by atoms with Crippen molar-refractivity contribution in [3.63, 3.8) is 0 Å². The van der Waals surface area contributed by atoms with Crippen molar-refractivity contribution < 1.29 is 4.74 Å². The van der Waals surface area contributed by atoms with E-state index in [2.05, 4.69) is 43.3 Å². The topological polar surface area (TPSA) is 59.1 Å². The van der Waals surface area contributed by atoms with Crippen molar-refractivity contribution in [2.24, 2.45) is 0 Å². The average Bonchev–Trinajstić information content (AvgIpc) is 2.37. The van der Waals surface area contributed by atoms with Gasteiger partial charge in [0.05, 0.1) is 6.10 Å². The first-order chi connectivity index (χ1) is 9.85. The van der Waals surface area contributed by atoms with Crippen molar-refractivity contribution in [1.82, 2.24) is 9.97 Å². The second-order valence-corrected chi connectivity index (χ2v) is 6.76. The predicted molar refractivity (Wildman–Crippen MR) is 87.1 cm³/mol. The molecule has 1 fully saturated rings. The van der Waals surface area contributed by atoms with Gasteiger partial charge in [-0.15, -0.1) is 0 Å². The summed E-state index contributed by atoms with van der Waals surface area (Å²) in [5.74, 6) is 2.71. The third kappa shape index (κ3) is 3.64. The summed E-state index contributed by atoms with van der Waals surface area (Å²) >= 11 is 0. The summed E-state index contributed by atoms with van der Waals surface area (Å²) in [6.45, 7) is 11.3. The van der Waals surface area contributed by atoms with Gasteiger partial charge in [-0.05, 0) is 26.7 Å². The van der Waals surface area contributed by atoms with Crippen LogP contribution < -0.4 is 10.6 Å². The van der Waals surface area contributed by atoms with Crippen LogP contribution in [0.1, 0.15) is 51.9 Å². The highest BCUT2D eigenvalue weighted by Gasteiger charge is 2.31. The maximum absolute atomic E-state index is 5.61. The van der Waals surface area contributed by atoms with E-state index in [-0.39, 0.29) is 5.41 Å². The van der Waals surface area contributed by atoms with Gasteiger partial charge in [-0.25, -0.2) is 9.97 Å². The molecule has 0 unspecified atom stereocenters. The van der Waals surface area contributed by atoms with Gasteiger partial charge in [0.25, 0.3) is 0 Å². The third-order valence-electron chi connectivity index (χ3n) is 3.89. The Morgan fingerprint density at radius 1 is 1.19 bits per heavy atom. The number of hydrogen-bond acceptors (Lipinski definition) is 5. The van der Waals surface area contributed by atoms with Crippen LogP contribution >= 0.6 is 0 Å². The number of aromatic nitrogens is 2. The second kappa shape index (κ2) is 6.18. The first-order valence-electron chi connectivity index (χ1n) is 7.80. The second-order valence-electron chi connectivity index (χ2n) is 6.76. The van der Waals surface area contributed by atoms with Crippen molar-refractivity contribution in [2.45, 2.75) is 65.0 Å². The lowest BCUT2D eigenvalue weighted by Crippen LogP contribution is -2.41. The molecule has 5 nitrogen and oxygen atoms in total. The SMILES string of the molecule is CCOC1CC(Nc2nc(C(C)(C)C)nc(NC)c2C)C1. The predicted octanol–water partition coefficient (Wildman–Crippen LogP) is 3.10. The Labute approximate surface area is 127 Å². The molecular formula is C16H28N4O. The number of hydrogen-bond donors (Lipinski definition) is 2. The van der Waals surface area contributed by atoms with E-state index in [1.165, 1.54) is 0 Å². The molecule has 1 aromatic rings. The fourth-order valence-electron chi connectivity index (χ4n) is 2.48. The largest absolute Gasteiger partial charge is 0.378 e. The summed E-state index contributed by atoms with van der Waals surface area (Å²) in [6.07, 6.45) is 2.51. The molecule has 21 heavy (non-hydrogen) atoms. The highest BCUT2D eigenvalue weighted by atomic mass is 16.5. The summed E-state index contributed by atoms with van der Waals surface area (Å²) in [4.78, 5) is 9.37. The Kier molecular flexibility index (Phi) is 4.71. The van der Waals surface area contributed by atoms with Crippen molar-refractivity contribution in [2.75, 3.05) is 24.3 Å². The molecule has 2 N–H and O–H groups in total. The van der Waals surface area contributed by atoms with Gasteiger partial charge in [0.2, 0.25) is 0 Å². The summed E-state index contributed by atoms with van der Waals surface area (Å²) < 4.78 is 5.61. The zero-order valence-corrected chi connectivity index (χ0v) is 14.1. The molecule has 0 aromatic carbocycles. The van der Waals surface area contributed by atoms with E-state index >= 15 is 0 Å². The molecule has 0 bridgehead atoms. The van der Waals surface area contributed by atoms with E-state index in [9.17, 15) is 0 Å². The molecule has 0 radical (unpaired) electrons. The quantitative estimate of drug-likeness (QED) is 0.873. The smallest absolute Gasteiger partial charge is 0.138 e. The van der Waals surface area contributed by atoms with E-state index in [1.54, 1.807) is 0 Å². The van der Waals surface area contributed by atoms with Crippen molar-refractivity contribution >= 4 is 11.6 Å². The van der Waals surface area contributed by atoms with Crippen LogP contribution in [0.2, 0.25) is 0 Å². The van der Waals surface area contributed by atoms with Gasteiger partial charge in [-0.1, -0.05) is 20.8 Å². The molecule has 5 heteroatoms. The zero-order valence-electron chi connectivity index (χ0n) is 14.1. The first-order valence-corrected chi connectivity index (χ1v) is 7.80. The Bertz CT molecular complexity index is 490. The molecule has 2 rings (SSSR count). The summed E-state index contributed by atoms with van der Waals surface area (Å²) in [7, 11) is 1.90. The van der Waals surface area contributed by atoms with Crippen LogP contribution in [0.3, 0.4) is 0 Å². The Morgan fingerprint density at radius 3 is 2.33 bits per heavy atom. The standard InChI is InChI=1S/C16H28N4O/c1-7-21-12-8-11(9-12)18-14-10(2)13(17-6)19-15(20-14)16(3,4)5/h11-12H,7-9H2,1-6H3,(H2,17,18,19,20). The Balaban J connectivity index is 2.15. The van der Waals surface area contributed by atoms with Gasteiger partial charge in [-0.2, -0.15) is 0 Å². The lowest BCUT2D eigenvalue weighted by Gasteiger charge is -2.36. The fraction of sp³-hybridized carbons (Fsp3) is 0.750. The average molecular weight is 292 g/mol. The maximum atomic E-state index is 5.61. The van der Waals surface area contributed by atoms with Crippen molar-refractivity contribution in [3.05, 3.63) is 11.4 Å². The van der Waals surface area contributed by atoms with Crippen LogP contribution in [0.15, 0.2) is 0 Å². The van der Waals surface area contributed by atoms with Gasteiger partial charge < -0.3 is 15.4 Å². The lowest BCUT2D eigenvalue weighted by molar-refractivity contribution is 0.00290. The van der Waals surface area contributed by atoms with Crippen LogP contribution in [-0.4, -0.2) is 35.8 Å². The van der Waals surface area contributed by atoms with E-state index in [0.29, 0.717) is 12.1 Å². The van der Waals surface area contributed by atoms with Gasteiger partial charge in [-0.3, -0.25) is 0 Å². The molecule has 0 saturated heterocycles. The Hall–Kier alpha value is -1.36. The molecule has 0 spiro atoms. The van der Waals surface area contributed by atoms with Crippen LogP contribution in [0.5, 0.6) is 0 Å². The van der Waals surface area contributed by atoms with Crippen LogP contribution in [0.4, 0.5) is 11.6 Å². The normalized spacial score (nSPS) is 21.8. The molecule has 1 aliphatic carbocycles. The minimum Gasteiger partial charge on any atom is -0.378 e. The lowest BCUT2D eigenvalue weighted by atomic mass is 9.89. The summed E-state index contributed by atoms with van der Waals surface area (Å²) in [6, 6.07) is 0.452. The number of nitrogens with one attached hydrogen (secondary N) is 2. The number of rotatable bonds is 5. The minimum absolute atomic E-state index is 0.0663. The van der Waals surface area contributed by atoms with Gasteiger partial charge >= 0.3 is 0 Å². The van der Waals surface area contributed by atoms with Crippen molar-refractivity contribution in [1.29, 1.82) is 0 Å². The molecule has 1 heterocycles. The molecule has 0 amide bonds. The third-order valence-corrected chi connectivity index (χ3v) is 3.89. The zero-order chi connectivity index (χ0) is 15.6. The first kappa shape index (κ1) is 16.0. The van der Waals surface area contributed by atoms with Gasteiger partial charge in [0, 0.05) is 30.7 Å². The fourth-order valence-corrected chi connectivity index (χ4v) is 2.48. The number of anilines is 2. The summed E-state index contributed by atoms with van der Waals surface area (Å²) in [5.41, 5.74) is 1.01. The van der Waals surface area contributed by atoms with E-state index in [0.717, 1.165) is 42.5 Å². The molecule has 1 aliphatic rings. The molecule has 1 aromatic heterocycles. The minimum atomic E-state index is -0.0663. The van der Waals surface area contributed by atoms with Gasteiger partial charge in [0.1, 0.15) is 17.5 Å². The van der Waals surface area contributed by atoms with E-state index < -0.39 is 0 Å². The molecular weight excluding hydrogens is 264 g/mol. The molecule has 0 atom stereocenters. The van der Waals surface area contributed by atoms with E-state index in [4.69, 9.17) is 9.72 Å². The molecule has 0 aliphatic heterocycles.